The minimum Gasteiger partial charge on any atom is -1.00 e. The zero-order valence-electron chi connectivity index (χ0n) is 15.4. The molecule has 0 bridgehead atoms. The fraction of sp³-hybridized carbons (Fsp3) is 0.571. The van der Waals surface area contributed by atoms with Crippen molar-refractivity contribution >= 4 is 23.9 Å². The van der Waals surface area contributed by atoms with Crippen LogP contribution in [0.15, 0.2) is 11.3 Å². The Morgan fingerprint density at radius 2 is 2.00 bits per heavy atom. The Kier molecular flexibility index (Phi) is 5.83. The van der Waals surface area contributed by atoms with Gasteiger partial charge in [-0.15, -0.1) is 0 Å². The summed E-state index contributed by atoms with van der Waals surface area (Å²) in [5, 5.41) is 11.6. The van der Waals surface area contributed by atoms with Gasteiger partial charge in [-0.1, -0.05) is 0 Å². The van der Waals surface area contributed by atoms with Gasteiger partial charge in [0.25, 0.3) is 5.91 Å². The molecule has 144 valence electrons. The molecular weight excluding hydrogens is 386 g/mol. The molecule has 3 amide bonds. The van der Waals surface area contributed by atoms with Crippen LogP contribution in [0.4, 0.5) is 18.0 Å². The monoisotopic (exact) mass is 401 g/mol. The fourth-order valence-corrected chi connectivity index (χ4v) is 3.76. The van der Waals surface area contributed by atoms with E-state index in [0.29, 0.717) is 4.90 Å². The number of ether oxygens (including phenoxy) is 1. The van der Waals surface area contributed by atoms with Crippen molar-refractivity contribution in [3.05, 3.63) is 11.3 Å². The third-order valence-electron chi connectivity index (χ3n) is 4.73. The van der Waals surface area contributed by atoms with Crippen molar-refractivity contribution in [2.75, 3.05) is 20.2 Å². The van der Waals surface area contributed by atoms with Crippen molar-refractivity contribution in [3.8, 4) is 0 Å². The number of hydrogen-bond acceptors (Lipinski definition) is 5. The molecule has 0 saturated carbocycles. The minimum absolute atomic E-state index is 0. The number of carbonyl (C=O) groups excluding carboxylic acids is 3. The Hall–Kier alpha value is -1.79. The standard InChI is InChI=1S/C14H14F3N3O6.Na.H/c1-18-13(25)26-4-6-2-5-3-19(12(24)14(15,16)17)9-7(5)20(10(9)21)8(6)11(22)23;;/h5,7,9H,2-4H2,1H3,(H,18,25)(H,22,23);;/q;+1;-1/t5-,7-,9+;;/m1../s1. The van der Waals surface area contributed by atoms with Crippen molar-refractivity contribution < 1.29 is 73.2 Å². The number of amides is 3. The summed E-state index contributed by atoms with van der Waals surface area (Å²) in [6.07, 6.45) is -5.94. The largest absolute Gasteiger partial charge is 1.00 e. The second-order valence-corrected chi connectivity index (χ2v) is 6.15. The molecule has 9 nitrogen and oxygen atoms in total. The molecule has 0 aliphatic carbocycles. The maximum atomic E-state index is 12.7. The number of halogens is 3. The second-order valence-electron chi connectivity index (χ2n) is 6.15. The molecule has 27 heavy (non-hydrogen) atoms. The summed E-state index contributed by atoms with van der Waals surface area (Å²) < 4.78 is 43.0. The zero-order valence-corrected chi connectivity index (χ0v) is 16.4. The zero-order chi connectivity index (χ0) is 19.4. The van der Waals surface area contributed by atoms with E-state index < -0.39 is 60.4 Å². The Morgan fingerprint density at radius 1 is 1.37 bits per heavy atom. The molecule has 0 aromatic carbocycles. The molecule has 2 fully saturated rings. The van der Waals surface area contributed by atoms with Gasteiger partial charge in [0, 0.05) is 19.5 Å². The first-order valence-corrected chi connectivity index (χ1v) is 7.58. The van der Waals surface area contributed by atoms with Gasteiger partial charge in [0.15, 0.2) is 0 Å². The third-order valence-corrected chi connectivity index (χ3v) is 4.73. The van der Waals surface area contributed by atoms with Crippen LogP contribution in [-0.4, -0.2) is 77.2 Å². The third kappa shape index (κ3) is 3.41. The van der Waals surface area contributed by atoms with Gasteiger partial charge in [-0.25, -0.2) is 9.59 Å². The Labute approximate surface area is 174 Å². The number of carboxylic acids is 1. The number of likely N-dealkylation sites (tertiary alicyclic amines) is 1. The molecule has 0 spiro atoms. The fourth-order valence-electron chi connectivity index (χ4n) is 3.76. The molecule has 2 N–H and O–H groups in total. The minimum atomic E-state index is -5.12. The van der Waals surface area contributed by atoms with Crippen LogP contribution in [0.5, 0.6) is 0 Å². The van der Waals surface area contributed by atoms with Crippen LogP contribution in [0.3, 0.4) is 0 Å². The summed E-state index contributed by atoms with van der Waals surface area (Å²) in [5.41, 5.74) is -0.298. The van der Waals surface area contributed by atoms with Crippen LogP contribution in [-0.2, 0) is 19.1 Å². The van der Waals surface area contributed by atoms with Gasteiger partial charge in [-0.05, 0) is 12.0 Å². The second kappa shape index (κ2) is 7.32. The predicted molar refractivity (Wildman–Crippen MR) is 76.5 cm³/mol. The smallest absolute Gasteiger partial charge is 1.00 e. The van der Waals surface area contributed by atoms with E-state index in [0.717, 1.165) is 4.90 Å². The van der Waals surface area contributed by atoms with E-state index in [9.17, 15) is 37.5 Å². The quantitative estimate of drug-likeness (QED) is 0.380. The molecule has 3 heterocycles. The molecule has 0 aromatic heterocycles. The first-order valence-electron chi connectivity index (χ1n) is 7.58. The van der Waals surface area contributed by atoms with E-state index in [1.807, 2.05) is 0 Å². The summed E-state index contributed by atoms with van der Waals surface area (Å²) in [7, 11) is 1.30. The van der Waals surface area contributed by atoms with E-state index in [1.54, 1.807) is 0 Å². The molecule has 0 radical (unpaired) electrons. The van der Waals surface area contributed by atoms with Crippen LogP contribution < -0.4 is 34.9 Å². The number of β-lactam (4-membered cyclic amide) rings is 1. The molecule has 3 aliphatic rings. The van der Waals surface area contributed by atoms with Crippen molar-refractivity contribution in [2.24, 2.45) is 5.92 Å². The summed E-state index contributed by atoms with van der Waals surface area (Å²) in [4.78, 5) is 48.0. The van der Waals surface area contributed by atoms with Gasteiger partial charge >= 0.3 is 53.7 Å². The maximum Gasteiger partial charge on any atom is 1.00 e. The number of rotatable bonds is 3. The molecule has 0 unspecified atom stereocenters. The molecule has 13 heteroatoms. The number of carboxylic acid groups (broad SMARTS) is 1. The van der Waals surface area contributed by atoms with Crippen LogP contribution in [0.1, 0.15) is 7.85 Å². The topological polar surface area (TPSA) is 116 Å². The average molecular weight is 401 g/mol. The van der Waals surface area contributed by atoms with Gasteiger partial charge in [0.05, 0.1) is 6.04 Å². The van der Waals surface area contributed by atoms with Crippen molar-refractivity contribution in [1.29, 1.82) is 0 Å². The summed E-state index contributed by atoms with van der Waals surface area (Å²) in [6.45, 7) is -0.752. The van der Waals surface area contributed by atoms with E-state index in [-0.39, 0.29) is 49.5 Å². The molecule has 3 aliphatic heterocycles. The first-order chi connectivity index (χ1) is 12.1. The number of nitrogens with one attached hydrogen (secondary N) is 1. The van der Waals surface area contributed by atoms with Crippen LogP contribution in [0.2, 0.25) is 0 Å². The Bertz CT molecular complexity index is 746. The Morgan fingerprint density at radius 3 is 2.52 bits per heavy atom. The Balaban J connectivity index is 0.00000196. The summed E-state index contributed by atoms with van der Waals surface area (Å²) in [5.74, 6) is -5.02. The van der Waals surface area contributed by atoms with Crippen molar-refractivity contribution in [1.82, 2.24) is 15.1 Å². The van der Waals surface area contributed by atoms with E-state index in [4.69, 9.17) is 4.74 Å². The summed E-state index contributed by atoms with van der Waals surface area (Å²) >= 11 is 0. The average Bonchev–Trinajstić information content (AvgIpc) is 2.92. The van der Waals surface area contributed by atoms with Crippen LogP contribution in [0.25, 0.3) is 0 Å². The van der Waals surface area contributed by atoms with Gasteiger partial charge in [-0.2, -0.15) is 13.2 Å². The van der Waals surface area contributed by atoms with E-state index >= 15 is 0 Å². The van der Waals surface area contributed by atoms with Crippen molar-refractivity contribution in [3.63, 3.8) is 0 Å². The van der Waals surface area contributed by atoms with E-state index in [1.165, 1.54) is 7.05 Å². The van der Waals surface area contributed by atoms with Crippen LogP contribution >= 0.6 is 0 Å². The molecule has 3 rings (SSSR count). The number of alkyl halides is 3. The molecular formula is C14H15F3N3NaO6. The number of carbonyl (C=O) groups is 4. The number of aliphatic carboxylic acids is 1. The maximum absolute atomic E-state index is 12.7. The molecule has 3 atom stereocenters. The van der Waals surface area contributed by atoms with Gasteiger partial charge in [-0.3, -0.25) is 14.5 Å². The normalized spacial score (nSPS) is 26.1. The molecule has 2 saturated heterocycles. The van der Waals surface area contributed by atoms with Gasteiger partial charge in [0.2, 0.25) is 0 Å². The van der Waals surface area contributed by atoms with Gasteiger partial charge in [0.1, 0.15) is 18.3 Å². The SMILES string of the molecule is CNC(=O)OCC1=C(C(=O)O)N2C(=O)[C@@H]3[C@H]2[C@H](C1)CN3C(=O)C(F)(F)F.[H-].[Na+]. The predicted octanol–water partition coefficient (Wildman–Crippen LogP) is -3.20. The number of hydrogen-bond donors (Lipinski definition) is 2. The summed E-state index contributed by atoms with van der Waals surface area (Å²) in [6, 6.07) is -2.13. The molecule has 0 aromatic rings. The number of alkyl carbamates (subject to hydrolysis) is 1. The first kappa shape index (κ1) is 21.5. The number of nitrogens with zero attached hydrogens (tertiary/aromatic N) is 2. The van der Waals surface area contributed by atoms with Crippen molar-refractivity contribution in [2.45, 2.75) is 24.7 Å². The van der Waals surface area contributed by atoms with E-state index in [2.05, 4.69) is 5.32 Å². The van der Waals surface area contributed by atoms with Gasteiger partial charge < -0.3 is 21.5 Å². The van der Waals surface area contributed by atoms with Crippen LogP contribution in [0, 0.1) is 5.92 Å².